The minimum absolute atomic E-state index is 0.120. The number of hydrogen-bond acceptors (Lipinski definition) is 0. The van der Waals surface area contributed by atoms with Crippen molar-refractivity contribution in [3.63, 3.8) is 0 Å². The molecular formula is C13H20GeSi. The van der Waals surface area contributed by atoms with Crippen LogP contribution in [0.5, 0.6) is 0 Å². The van der Waals surface area contributed by atoms with Crippen LogP contribution in [-0.2, 0) is 0 Å². The zero-order chi connectivity index (χ0) is 11.7. The van der Waals surface area contributed by atoms with Gasteiger partial charge in [-0.15, -0.1) is 0 Å². The molecule has 0 amide bonds. The molecule has 0 saturated carbocycles. The SMILES string of the molecule is C[Si](C)C.[CH3][Ge]([CH3])[C]#Cc1ccccc1. The van der Waals surface area contributed by atoms with E-state index in [0.29, 0.717) is 0 Å². The van der Waals surface area contributed by atoms with Gasteiger partial charge < -0.3 is 0 Å². The molecule has 0 N–H and O–H groups in total. The van der Waals surface area contributed by atoms with E-state index in [9.17, 15) is 0 Å². The fourth-order valence-electron chi connectivity index (χ4n) is 0.719. The molecule has 0 atom stereocenters. The minimum atomic E-state index is -0.932. The van der Waals surface area contributed by atoms with Crippen LogP contribution in [0.25, 0.3) is 0 Å². The number of hydrogen-bond donors (Lipinski definition) is 0. The molecule has 1 aromatic rings. The molecule has 0 saturated heterocycles. The Hall–Kier alpha value is -0.460. The Balaban J connectivity index is 0.000000423. The standard InChI is InChI=1S/C10H11Ge.C3H9Si/c1-11(2)9-8-10-6-4-3-5-7-10;1-4(2)3/h3-7H,1-2H3;1-3H3. The third kappa shape index (κ3) is 11.5. The van der Waals surface area contributed by atoms with Gasteiger partial charge in [0.15, 0.2) is 0 Å². The van der Waals surface area contributed by atoms with Gasteiger partial charge in [-0.2, -0.15) is 0 Å². The van der Waals surface area contributed by atoms with Crippen molar-refractivity contribution in [2.45, 2.75) is 31.2 Å². The first-order chi connectivity index (χ1) is 7.02. The molecule has 1 aromatic carbocycles. The molecule has 0 nitrogen and oxygen atoms in total. The van der Waals surface area contributed by atoms with E-state index < -0.39 is 14.3 Å². The van der Waals surface area contributed by atoms with Crippen LogP contribution in [0.2, 0.25) is 31.2 Å². The van der Waals surface area contributed by atoms with Crippen molar-refractivity contribution in [3.8, 4) is 10.7 Å². The molecule has 0 bridgehead atoms. The summed E-state index contributed by atoms with van der Waals surface area (Å²) < 4.78 is 3.28. The maximum atomic E-state index is 3.28. The Morgan fingerprint density at radius 1 is 1.00 bits per heavy atom. The van der Waals surface area contributed by atoms with Crippen LogP contribution in [0.3, 0.4) is 0 Å². The first kappa shape index (κ1) is 14.5. The summed E-state index contributed by atoms with van der Waals surface area (Å²) in [6.45, 7) is 6.81. The van der Waals surface area contributed by atoms with Gasteiger partial charge in [0.25, 0.3) is 0 Å². The van der Waals surface area contributed by atoms with E-state index in [1.807, 2.05) is 30.3 Å². The summed E-state index contributed by atoms with van der Waals surface area (Å²) in [6.07, 6.45) is 0. The van der Waals surface area contributed by atoms with E-state index in [-0.39, 0.29) is 8.80 Å². The van der Waals surface area contributed by atoms with E-state index >= 15 is 0 Å². The monoisotopic (exact) mass is 278 g/mol. The van der Waals surface area contributed by atoms with Crippen LogP contribution in [0, 0.1) is 10.7 Å². The first-order valence-electron chi connectivity index (χ1n) is 5.16. The molecule has 0 unspecified atom stereocenters. The number of rotatable bonds is 0. The summed E-state index contributed by atoms with van der Waals surface area (Å²) in [6, 6.07) is 10.2. The second-order valence-corrected chi connectivity index (χ2v) is 11.8. The molecule has 15 heavy (non-hydrogen) atoms. The summed E-state index contributed by atoms with van der Waals surface area (Å²) in [5.41, 5.74) is 1.14. The van der Waals surface area contributed by atoms with Gasteiger partial charge in [0, 0.05) is 8.80 Å². The molecule has 0 fully saturated rings. The van der Waals surface area contributed by atoms with Gasteiger partial charge >= 0.3 is 72.4 Å². The van der Waals surface area contributed by atoms with E-state index in [0.717, 1.165) is 5.56 Å². The molecule has 0 heterocycles. The van der Waals surface area contributed by atoms with Crippen LogP contribution in [-0.4, -0.2) is 23.1 Å². The average Bonchev–Trinajstić information content (AvgIpc) is 2.15. The molecule has 0 aromatic heterocycles. The van der Waals surface area contributed by atoms with Crippen LogP contribution < -0.4 is 0 Å². The number of benzene rings is 1. The van der Waals surface area contributed by atoms with E-state index in [1.165, 1.54) is 0 Å². The van der Waals surface area contributed by atoms with Crippen molar-refractivity contribution in [1.29, 1.82) is 0 Å². The van der Waals surface area contributed by atoms with Crippen molar-refractivity contribution in [3.05, 3.63) is 35.9 Å². The average molecular weight is 277 g/mol. The predicted molar refractivity (Wildman–Crippen MR) is 74.1 cm³/mol. The molecular weight excluding hydrogens is 257 g/mol. The van der Waals surface area contributed by atoms with Crippen molar-refractivity contribution < 1.29 is 0 Å². The summed E-state index contributed by atoms with van der Waals surface area (Å²) in [5, 5.41) is 0. The quantitative estimate of drug-likeness (QED) is 0.501. The Kier molecular flexibility index (Phi) is 8.55. The van der Waals surface area contributed by atoms with E-state index in [1.54, 1.807) is 0 Å². The second kappa shape index (κ2) is 8.82. The van der Waals surface area contributed by atoms with Crippen molar-refractivity contribution in [1.82, 2.24) is 0 Å². The third-order valence-electron chi connectivity index (χ3n) is 1.23. The van der Waals surface area contributed by atoms with Crippen molar-refractivity contribution >= 4 is 23.1 Å². The molecule has 2 radical (unpaired) electrons. The molecule has 80 valence electrons. The topological polar surface area (TPSA) is 0 Å². The molecule has 2 heteroatoms. The molecule has 0 spiro atoms. The summed E-state index contributed by atoms with van der Waals surface area (Å²) >= 11 is -0.932. The van der Waals surface area contributed by atoms with Gasteiger partial charge in [-0.05, 0) is 0 Å². The van der Waals surface area contributed by atoms with E-state index in [4.69, 9.17) is 0 Å². The van der Waals surface area contributed by atoms with Crippen LogP contribution >= 0.6 is 0 Å². The Bertz CT molecular complexity index is 304. The van der Waals surface area contributed by atoms with Gasteiger partial charge in [-0.1, -0.05) is 19.6 Å². The van der Waals surface area contributed by atoms with Crippen LogP contribution in [0.4, 0.5) is 0 Å². The normalized spacial score (nSPS) is 9.00. The fourth-order valence-corrected chi connectivity index (χ4v) is 1.55. The van der Waals surface area contributed by atoms with Crippen molar-refractivity contribution in [2.75, 3.05) is 0 Å². The third-order valence-corrected chi connectivity index (χ3v) is 2.54. The summed E-state index contributed by atoms with van der Waals surface area (Å²) in [4.78, 5) is 0. The zero-order valence-electron chi connectivity index (χ0n) is 10.4. The Morgan fingerprint density at radius 2 is 1.47 bits per heavy atom. The summed E-state index contributed by atoms with van der Waals surface area (Å²) in [5.74, 6) is 7.69. The van der Waals surface area contributed by atoms with Crippen LogP contribution in [0.1, 0.15) is 5.56 Å². The maximum absolute atomic E-state index is 3.28. The Labute approximate surface area is 101 Å². The second-order valence-electron chi connectivity index (χ2n) is 4.12. The Morgan fingerprint density at radius 3 is 1.87 bits per heavy atom. The molecule has 0 aliphatic carbocycles. The van der Waals surface area contributed by atoms with Crippen LogP contribution in [0.15, 0.2) is 30.3 Å². The van der Waals surface area contributed by atoms with Crippen molar-refractivity contribution in [2.24, 2.45) is 0 Å². The fraction of sp³-hybridized carbons (Fsp3) is 0.385. The molecule has 0 aliphatic heterocycles. The molecule has 0 aliphatic rings. The van der Waals surface area contributed by atoms with Gasteiger partial charge in [0.1, 0.15) is 0 Å². The van der Waals surface area contributed by atoms with Gasteiger partial charge in [0.2, 0.25) is 0 Å². The predicted octanol–water partition coefficient (Wildman–Crippen LogP) is 3.70. The molecule has 1 rings (SSSR count). The van der Waals surface area contributed by atoms with Gasteiger partial charge in [-0.3, -0.25) is 0 Å². The zero-order valence-corrected chi connectivity index (χ0v) is 13.5. The van der Waals surface area contributed by atoms with E-state index in [2.05, 4.69) is 41.8 Å². The first-order valence-corrected chi connectivity index (χ1v) is 13.4. The summed E-state index contributed by atoms with van der Waals surface area (Å²) in [7, 11) is 0.120. The van der Waals surface area contributed by atoms with Gasteiger partial charge in [-0.25, -0.2) is 0 Å². The van der Waals surface area contributed by atoms with Gasteiger partial charge in [0.05, 0.1) is 0 Å².